The van der Waals surface area contributed by atoms with Gasteiger partial charge >= 0.3 is 0 Å². The molecule has 0 aliphatic carbocycles. The lowest BCUT2D eigenvalue weighted by Gasteiger charge is -2.28. The van der Waals surface area contributed by atoms with Crippen molar-refractivity contribution in [2.24, 2.45) is 0 Å². The minimum atomic E-state index is -0.333. The SMILES string of the molecule is O=C1NCc2c(-c3cnc4cc(F)ccn34)ccc(Nc3ccc(N4CCCCC4)cn3)c21. The zero-order valence-corrected chi connectivity index (χ0v) is 18.0. The molecule has 6 rings (SSSR count). The highest BCUT2D eigenvalue weighted by atomic mass is 19.1. The van der Waals surface area contributed by atoms with E-state index < -0.39 is 0 Å². The highest BCUT2D eigenvalue weighted by Gasteiger charge is 2.27. The Hall–Kier alpha value is -3.94. The lowest BCUT2D eigenvalue weighted by Crippen LogP contribution is -2.29. The molecule has 0 bridgehead atoms. The van der Waals surface area contributed by atoms with E-state index in [1.807, 2.05) is 28.8 Å². The summed E-state index contributed by atoms with van der Waals surface area (Å²) in [6, 6.07) is 10.7. The molecule has 0 saturated carbocycles. The number of imidazole rings is 1. The molecule has 1 aromatic carbocycles. The molecule has 1 fully saturated rings. The van der Waals surface area contributed by atoms with Gasteiger partial charge in [0.2, 0.25) is 0 Å². The summed E-state index contributed by atoms with van der Waals surface area (Å²) < 4.78 is 15.4. The van der Waals surface area contributed by atoms with Crippen LogP contribution in [0.5, 0.6) is 0 Å². The molecule has 7 nitrogen and oxygen atoms in total. The first-order valence-corrected chi connectivity index (χ1v) is 11.2. The summed E-state index contributed by atoms with van der Waals surface area (Å²) in [5, 5.41) is 6.25. The number of pyridine rings is 2. The molecule has 0 unspecified atom stereocenters. The number of nitrogens with one attached hydrogen (secondary N) is 2. The molecule has 0 atom stereocenters. The van der Waals surface area contributed by atoms with Crippen molar-refractivity contribution in [2.75, 3.05) is 23.3 Å². The number of amides is 1. The fourth-order valence-corrected chi connectivity index (χ4v) is 4.78. The Morgan fingerprint density at radius 1 is 1.00 bits per heavy atom. The molecule has 1 saturated heterocycles. The van der Waals surface area contributed by atoms with E-state index in [-0.39, 0.29) is 11.7 Å². The van der Waals surface area contributed by atoms with Crippen LogP contribution in [0.4, 0.5) is 21.6 Å². The van der Waals surface area contributed by atoms with E-state index in [4.69, 9.17) is 0 Å². The molecule has 2 N–H and O–H groups in total. The predicted octanol–water partition coefficient (Wildman–Crippen LogP) is 4.51. The summed E-state index contributed by atoms with van der Waals surface area (Å²) in [6.07, 6.45) is 8.98. The van der Waals surface area contributed by atoms with Crippen molar-refractivity contribution in [3.63, 3.8) is 0 Å². The molecule has 33 heavy (non-hydrogen) atoms. The minimum absolute atomic E-state index is 0.126. The van der Waals surface area contributed by atoms with Crippen LogP contribution in [-0.4, -0.2) is 33.4 Å². The highest BCUT2D eigenvalue weighted by Crippen LogP contribution is 2.35. The first-order valence-electron chi connectivity index (χ1n) is 11.2. The van der Waals surface area contributed by atoms with Gasteiger partial charge in [0.1, 0.15) is 17.3 Å². The number of anilines is 3. The third kappa shape index (κ3) is 3.47. The monoisotopic (exact) mass is 442 g/mol. The largest absolute Gasteiger partial charge is 0.370 e. The van der Waals surface area contributed by atoms with Gasteiger partial charge in [0.15, 0.2) is 0 Å². The van der Waals surface area contributed by atoms with Crippen molar-refractivity contribution in [3.8, 4) is 11.3 Å². The normalized spacial score (nSPS) is 15.5. The van der Waals surface area contributed by atoms with Crippen molar-refractivity contribution in [3.05, 3.63) is 71.9 Å². The second-order valence-electron chi connectivity index (χ2n) is 8.49. The van der Waals surface area contributed by atoms with E-state index in [0.29, 0.717) is 29.3 Å². The second-order valence-corrected chi connectivity index (χ2v) is 8.49. The Kier molecular flexibility index (Phi) is 4.71. The Bertz CT molecular complexity index is 1360. The quantitative estimate of drug-likeness (QED) is 0.486. The summed E-state index contributed by atoms with van der Waals surface area (Å²) in [5.41, 5.74) is 5.56. The van der Waals surface area contributed by atoms with Gasteiger partial charge in [-0.25, -0.2) is 14.4 Å². The first kappa shape index (κ1) is 19.7. The molecule has 2 aliphatic rings. The minimum Gasteiger partial charge on any atom is -0.370 e. The smallest absolute Gasteiger partial charge is 0.254 e. The van der Waals surface area contributed by atoms with Gasteiger partial charge in [-0.2, -0.15) is 0 Å². The zero-order valence-electron chi connectivity index (χ0n) is 18.0. The van der Waals surface area contributed by atoms with Gasteiger partial charge in [0, 0.05) is 37.5 Å². The van der Waals surface area contributed by atoms with E-state index in [1.165, 1.54) is 31.4 Å². The summed E-state index contributed by atoms with van der Waals surface area (Å²) in [6.45, 7) is 2.56. The summed E-state index contributed by atoms with van der Waals surface area (Å²) >= 11 is 0. The van der Waals surface area contributed by atoms with Crippen molar-refractivity contribution >= 4 is 28.7 Å². The second kappa shape index (κ2) is 7.88. The molecule has 0 spiro atoms. The van der Waals surface area contributed by atoms with E-state index in [2.05, 4.69) is 31.6 Å². The van der Waals surface area contributed by atoms with Gasteiger partial charge in [-0.3, -0.25) is 9.20 Å². The van der Waals surface area contributed by atoms with E-state index in [1.54, 1.807) is 12.4 Å². The van der Waals surface area contributed by atoms with Crippen LogP contribution in [0.1, 0.15) is 35.2 Å². The van der Waals surface area contributed by atoms with E-state index in [0.717, 1.165) is 35.6 Å². The molecular weight excluding hydrogens is 419 g/mol. The summed E-state index contributed by atoms with van der Waals surface area (Å²) in [5.74, 6) is 0.231. The van der Waals surface area contributed by atoms with Gasteiger partial charge in [-0.15, -0.1) is 0 Å². The maximum Gasteiger partial charge on any atom is 0.254 e. The van der Waals surface area contributed by atoms with Gasteiger partial charge < -0.3 is 15.5 Å². The average molecular weight is 442 g/mol. The number of aromatic nitrogens is 3. The van der Waals surface area contributed by atoms with E-state index >= 15 is 0 Å². The topological polar surface area (TPSA) is 74.6 Å². The number of halogens is 1. The van der Waals surface area contributed by atoms with Crippen LogP contribution < -0.4 is 15.5 Å². The number of hydrogen-bond acceptors (Lipinski definition) is 5. The molecule has 0 radical (unpaired) electrons. The summed E-state index contributed by atoms with van der Waals surface area (Å²) in [4.78, 5) is 24.0. The summed E-state index contributed by atoms with van der Waals surface area (Å²) in [7, 11) is 0. The molecule has 3 aromatic heterocycles. The van der Waals surface area contributed by atoms with Gasteiger partial charge in [0.05, 0.1) is 35.0 Å². The predicted molar refractivity (Wildman–Crippen MR) is 125 cm³/mol. The third-order valence-electron chi connectivity index (χ3n) is 6.45. The fourth-order valence-electron chi connectivity index (χ4n) is 4.78. The number of rotatable bonds is 4. The fraction of sp³-hybridized carbons (Fsp3) is 0.240. The number of carbonyl (C=O) groups excluding carboxylic acids is 1. The average Bonchev–Trinajstić information content (AvgIpc) is 3.44. The third-order valence-corrected chi connectivity index (χ3v) is 6.45. The lowest BCUT2D eigenvalue weighted by molar-refractivity contribution is 0.0966. The van der Waals surface area contributed by atoms with Crippen LogP contribution in [-0.2, 0) is 6.54 Å². The van der Waals surface area contributed by atoms with Crippen molar-refractivity contribution in [1.29, 1.82) is 0 Å². The maximum absolute atomic E-state index is 13.6. The number of fused-ring (bicyclic) bond motifs is 2. The number of carbonyl (C=O) groups is 1. The molecular formula is C25H23FN6O. The molecule has 1 amide bonds. The van der Waals surface area contributed by atoms with Crippen LogP contribution in [0.3, 0.4) is 0 Å². The number of benzene rings is 1. The van der Waals surface area contributed by atoms with E-state index in [9.17, 15) is 9.18 Å². The Labute approximate surface area is 190 Å². The number of nitrogens with zero attached hydrogens (tertiary/aromatic N) is 4. The molecule has 166 valence electrons. The van der Waals surface area contributed by atoms with Gasteiger partial charge in [-0.05, 0) is 49.1 Å². The van der Waals surface area contributed by atoms with Gasteiger partial charge in [-0.1, -0.05) is 6.07 Å². The highest BCUT2D eigenvalue weighted by molar-refractivity contribution is 6.06. The standard InChI is InChI=1S/C25H23FN6O/c26-16-8-11-32-21(15-28-23(32)12-16)18-5-6-20(24-19(18)14-29-25(24)33)30-22-7-4-17(13-27-22)31-9-2-1-3-10-31/h4-8,11-13,15H,1-3,9-10,14H2,(H,27,30)(H,29,33). The number of hydrogen-bond donors (Lipinski definition) is 2. The van der Waals surface area contributed by atoms with Crippen molar-refractivity contribution in [2.45, 2.75) is 25.8 Å². The zero-order chi connectivity index (χ0) is 22.4. The maximum atomic E-state index is 13.6. The lowest BCUT2D eigenvalue weighted by atomic mass is 9.99. The Morgan fingerprint density at radius 2 is 1.88 bits per heavy atom. The van der Waals surface area contributed by atoms with Crippen molar-refractivity contribution < 1.29 is 9.18 Å². The van der Waals surface area contributed by atoms with Crippen molar-refractivity contribution in [1.82, 2.24) is 19.7 Å². The molecule has 8 heteroatoms. The first-order chi connectivity index (χ1) is 16.2. The van der Waals surface area contributed by atoms with Crippen LogP contribution in [0.15, 0.2) is 55.0 Å². The molecule has 2 aliphatic heterocycles. The molecule has 5 heterocycles. The van der Waals surface area contributed by atoms with Crippen LogP contribution in [0, 0.1) is 5.82 Å². The van der Waals surface area contributed by atoms with Gasteiger partial charge in [0.25, 0.3) is 5.91 Å². The van der Waals surface area contributed by atoms with Crippen LogP contribution in [0.2, 0.25) is 0 Å². The number of piperidine rings is 1. The van der Waals surface area contributed by atoms with Crippen LogP contribution >= 0.6 is 0 Å². The van der Waals surface area contributed by atoms with Crippen LogP contribution in [0.25, 0.3) is 16.9 Å². The Morgan fingerprint density at radius 3 is 2.70 bits per heavy atom. The Balaban J connectivity index is 1.33. The molecule has 4 aromatic rings.